The highest BCUT2D eigenvalue weighted by atomic mass is 79.9. The predicted molar refractivity (Wildman–Crippen MR) is 63.1 cm³/mol. The zero-order chi connectivity index (χ0) is 12.3. The molecule has 90 valence electrons. The van der Waals surface area contributed by atoms with Crippen LogP contribution >= 0.6 is 15.9 Å². The van der Waals surface area contributed by atoms with Gasteiger partial charge in [0.1, 0.15) is 6.61 Å². The van der Waals surface area contributed by atoms with Gasteiger partial charge in [-0.15, -0.1) is 0 Å². The topological polar surface area (TPSA) is 80.2 Å². The molecule has 0 radical (unpaired) electrons. The number of fused-ring (bicyclic) bond motifs is 1. The molecule has 17 heavy (non-hydrogen) atoms. The number of rotatable bonds is 3. The van der Waals surface area contributed by atoms with Gasteiger partial charge in [0.25, 0.3) is 5.91 Å². The van der Waals surface area contributed by atoms with E-state index < -0.39 is 12.5 Å². The van der Waals surface area contributed by atoms with Crippen LogP contribution in [0.5, 0.6) is 11.5 Å². The molecule has 0 bridgehead atoms. The molecular formula is C10H9BrN2O4. The lowest BCUT2D eigenvalue weighted by atomic mass is 10.2. The second kappa shape index (κ2) is 5.15. The van der Waals surface area contributed by atoms with Crippen LogP contribution in [0.15, 0.2) is 21.7 Å². The molecule has 0 aromatic heterocycles. The van der Waals surface area contributed by atoms with E-state index in [-0.39, 0.29) is 6.79 Å². The third kappa shape index (κ3) is 2.75. The summed E-state index contributed by atoms with van der Waals surface area (Å²) in [5.74, 6) is 0.717. The summed E-state index contributed by atoms with van der Waals surface area (Å²) in [4.78, 5) is 10.7. The van der Waals surface area contributed by atoms with Crippen molar-refractivity contribution in [2.75, 3.05) is 13.4 Å². The van der Waals surface area contributed by atoms with Crippen molar-refractivity contribution in [2.24, 2.45) is 5.10 Å². The van der Waals surface area contributed by atoms with Crippen LogP contribution in [-0.4, -0.2) is 30.6 Å². The first-order valence-corrected chi connectivity index (χ1v) is 5.52. The number of halogens is 1. The maximum Gasteiger partial charge on any atom is 0.265 e. The highest BCUT2D eigenvalue weighted by Gasteiger charge is 2.15. The van der Waals surface area contributed by atoms with Gasteiger partial charge in [0.2, 0.25) is 6.79 Å². The number of hydrazone groups is 1. The van der Waals surface area contributed by atoms with Gasteiger partial charge in [0.05, 0.1) is 6.21 Å². The minimum Gasteiger partial charge on any atom is -0.454 e. The number of ether oxygens (including phenoxy) is 2. The summed E-state index contributed by atoms with van der Waals surface area (Å²) in [5.41, 5.74) is 2.89. The van der Waals surface area contributed by atoms with Crippen molar-refractivity contribution in [3.05, 3.63) is 22.2 Å². The summed E-state index contributed by atoms with van der Waals surface area (Å²) in [6.07, 6.45) is 1.44. The minimum absolute atomic E-state index is 0.198. The van der Waals surface area contributed by atoms with Gasteiger partial charge < -0.3 is 14.6 Å². The van der Waals surface area contributed by atoms with E-state index in [0.717, 1.165) is 10.0 Å². The van der Waals surface area contributed by atoms with Crippen LogP contribution < -0.4 is 14.9 Å². The molecule has 7 heteroatoms. The first-order valence-electron chi connectivity index (χ1n) is 4.72. The van der Waals surface area contributed by atoms with E-state index in [9.17, 15) is 4.79 Å². The number of amides is 1. The summed E-state index contributed by atoms with van der Waals surface area (Å²) in [5, 5.41) is 12.2. The molecule has 1 amide bonds. The molecule has 1 aromatic carbocycles. The molecule has 1 heterocycles. The molecule has 2 rings (SSSR count). The smallest absolute Gasteiger partial charge is 0.265 e. The third-order valence-electron chi connectivity index (χ3n) is 2.03. The summed E-state index contributed by atoms with van der Waals surface area (Å²) < 4.78 is 11.2. The van der Waals surface area contributed by atoms with Gasteiger partial charge in [-0.1, -0.05) is 0 Å². The highest BCUT2D eigenvalue weighted by molar-refractivity contribution is 9.10. The Morgan fingerprint density at radius 2 is 2.24 bits per heavy atom. The summed E-state index contributed by atoms with van der Waals surface area (Å²) in [6, 6.07) is 3.50. The van der Waals surface area contributed by atoms with Gasteiger partial charge in [-0.25, -0.2) is 5.43 Å². The van der Waals surface area contributed by atoms with E-state index in [1.54, 1.807) is 12.1 Å². The monoisotopic (exact) mass is 300 g/mol. The highest BCUT2D eigenvalue weighted by Crippen LogP contribution is 2.36. The predicted octanol–water partition coefficient (Wildman–Crippen LogP) is 0.620. The summed E-state index contributed by atoms with van der Waals surface area (Å²) in [7, 11) is 0. The Morgan fingerprint density at radius 3 is 2.94 bits per heavy atom. The minimum atomic E-state index is -0.598. The fraction of sp³-hybridized carbons (Fsp3) is 0.200. The van der Waals surface area contributed by atoms with E-state index in [1.165, 1.54) is 6.21 Å². The maximum atomic E-state index is 10.7. The van der Waals surface area contributed by atoms with Crippen molar-refractivity contribution in [3.8, 4) is 11.5 Å². The van der Waals surface area contributed by atoms with Gasteiger partial charge >= 0.3 is 0 Å². The Bertz CT molecular complexity index is 476. The van der Waals surface area contributed by atoms with Gasteiger partial charge in [0, 0.05) is 10.0 Å². The first-order chi connectivity index (χ1) is 8.20. The zero-order valence-electron chi connectivity index (χ0n) is 8.64. The zero-order valence-corrected chi connectivity index (χ0v) is 10.2. The molecular weight excluding hydrogens is 292 g/mol. The van der Waals surface area contributed by atoms with Crippen molar-refractivity contribution >= 4 is 28.1 Å². The molecule has 0 atom stereocenters. The molecule has 0 saturated heterocycles. The number of nitrogens with zero attached hydrogens (tertiary/aromatic N) is 1. The fourth-order valence-corrected chi connectivity index (χ4v) is 1.67. The third-order valence-corrected chi connectivity index (χ3v) is 2.72. The number of nitrogens with one attached hydrogen (secondary N) is 1. The van der Waals surface area contributed by atoms with Crippen LogP contribution in [0.1, 0.15) is 5.56 Å². The fourth-order valence-electron chi connectivity index (χ4n) is 1.24. The maximum absolute atomic E-state index is 10.7. The van der Waals surface area contributed by atoms with Crippen molar-refractivity contribution in [1.29, 1.82) is 0 Å². The van der Waals surface area contributed by atoms with Gasteiger partial charge in [-0.05, 0) is 28.1 Å². The van der Waals surface area contributed by atoms with E-state index >= 15 is 0 Å². The van der Waals surface area contributed by atoms with Crippen LogP contribution in [0.3, 0.4) is 0 Å². The first kappa shape index (κ1) is 11.9. The second-order valence-corrected chi connectivity index (χ2v) is 4.03. The summed E-state index contributed by atoms with van der Waals surface area (Å²) in [6.45, 7) is -0.400. The van der Waals surface area contributed by atoms with Crippen molar-refractivity contribution in [2.45, 2.75) is 0 Å². The number of hydrogen-bond acceptors (Lipinski definition) is 5. The van der Waals surface area contributed by atoms with Crippen molar-refractivity contribution < 1.29 is 19.4 Å². The van der Waals surface area contributed by atoms with E-state index in [1.807, 2.05) is 0 Å². The van der Waals surface area contributed by atoms with Crippen molar-refractivity contribution in [1.82, 2.24) is 5.43 Å². The number of aliphatic hydroxyl groups excluding tert-OH is 1. The Kier molecular flexibility index (Phi) is 3.60. The lowest BCUT2D eigenvalue weighted by molar-refractivity contribution is -0.123. The Labute approximate surface area is 105 Å². The van der Waals surface area contributed by atoms with E-state index in [4.69, 9.17) is 14.6 Å². The lowest BCUT2D eigenvalue weighted by Gasteiger charge is -2.01. The number of carbonyl (C=O) groups excluding carboxylic acids is 1. The number of aliphatic hydroxyl groups is 1. The van der Waals surface area contributed by atoms with Gasteiger partial charge in [-0.3, -0.25) is 4.79 Å². The molecule has 0 unspecified atom stereocenters. The number of carbonyl (C=O) groups is 1. The molecule has 2 N–H and O–H groups in total. The summed E-state index contributed by atoms with van der Waals surface area (Å²) >= 11 is 3.35. The molecule has 0 saturated carbocycles. The van der Waals surface area contributed by atoms with Crippen LogP contribution in [-0.2, 0) is 4.79 Å². The molecule has 0 aliphatic carbocycles. The second-order valence-electron chi connectivity index (χ2n) is 3.18. The van der Waals surface area contributed by atoms with Crippen LogP contribution in [0.4, 0.5) is 0 Å². The Balaban J connectivity index is 2.13. The van der Waals surface area contributed by atoms with E-state index in [2.05, 4.69) is 26.5 Å². The lowest BCUT2D eigenvalue weighted by Crippen LogP contribution is -2.20. The number of benzene rings is 1. The molecule has 0 fully saturated rings. The van der Waals surface area contributed by atoms with Gasteiger partial charge in [0.15, 0.2) is 11.5 Å². The molecule has 1 aromatic rings. The number of hydrogen-bond donors (Lipinski definition) is 2. The van der Waals surface area contributed by atoms with Crippen molar-refractivity contribution in [3.63, 3.8) is 0 Å². The SMILES string of the molecule is O=C(CO)N/N=C\c1cc2c(cc1Br)OCO2. The largest absolute Gasteiger partial charge is 0.454 e. The quantitative estimate of drug-likeness (QED) is 0.633. The van der Waals surface area contributed by atoms with Crippen LogP contribution in [0.25, 0.3) is 0 Å². The van der Waals surface area contributed by atoms with E-state index in [0.29, 0.717) is 11.5 Å². The van der Waals surface area contributed by atoms with Crippen LogP contribution in [0, 0.1) is 0 Å². The Hall–Kier alpha value is -1.60. The average molecular weight is 301 g/mol. The van der Waals surface area contributed by atoms with Crippen LogP contribution in [0.2, 0.25) is 0 Å². The molecule has 6 nitrogen and oxygen atoms in total. The normalized spacial score (nSPS) is 13.1. The standard InChI is InChI=1S/C10H9BrN2O4/c11-7-2-9-8(16-5-17-9)1-6(7)3-12-13-10(15)4-14/h1-3,14H,4-5H2,(H,13,15)/b12-3-. The molecule has 1 aliphatic rings. The molecule has 1 aliphatic heterocycles. The molecule has 0 spiro atoms. The Morgan fingerprint density at radius 1 is 1.53 bits per heavy atom. The van der Waals surface area contributed by atoms with Gasteiger partial charge in [-0.2, -0.15) is 5.10 Å². The average Bonchev–Trinajstić information content (AvgIpc) is 2.76.